The van der Waals surface area contributed by atoms with E-state index in [1.54, 1.807) is 23.5 Å². The van der Waals surface area contributed by atoms with Crippen LogP contribution in [0, 0.1) is 125 Å². The summed E-state index contributed by atoms with van der Waals surface area (Å²) < 4.78 is 0. The second-order valence-electron chi connectivity index (χ2n) is 34.3. The van der Waals surface area contributed by atoms with E-state index in [9.17, 15) is 14.4 Å². The molecule has 0 bridgehead atoms. The molecule has 0 N–H and O–H groups in total. The predicted octanol–water partition coefficient (Wildman–Crippen LogP) is 37.2. The van der Waals surface area contributed by atoms with Crippen molar-refractivity contribution in [1.82, 2.24) is 15.0 Å². The number of benzene rings is 11. The number of carbonyl (C=O) groups excluding carboxylic acids is 3. The zero-order valence-corrected chi connectivity index (χ0v) is 98.1. The number of aromatic nitrogens is 3. The van der Waals surface area contributed by atoms with Crippen LogP contribution >= 0.6 is 93.0 Å². The van der Waals surface area contributed by atoms with E-state index >= 15 is 0 Å². The number of nitrogens with zero attached hydrogens (tertiary/aromatic N) is 3. The van der Waals surface area contributed by atoms with Gasteiger partial charge in [0, 0.05) is 80.8 Å². The third kappa shape index (κ3) is 73.1. The Labute approximate surface area is 885 Å². The quantitative estimate of drug-likeness (QED) is 0.0366. The molecule has 14 rings (SSSR count). The summed E-state index contributed by atoms with van der Waals surface area (Å²) in [5, 5.41) is 0.801. The molecule has 0 radical (unpaired) electrons. The summed E-state index contributed by atoms with van der Waals surface area (Å²) in [6.07, 6.45) is 16.2. The van der Waals surface area contributed by atoms with E-state index in [2.05, 4.69) is 325 Å². The molecule has 0 aliphatic rings. The van der Waals surface area contributed by atoms with E-state index < -0.39 is 0 Å². The van der Waals surface area contributed by atoms with E-state index in [-0.39, 0.29) is 0 Å². The van der Waals surface area contributed by atoms with Crippen LogP contribution in [0.4, 0.5) is 0 Å². The molecular weight excluding hydrogens is 1890 g/mol. The molecule has 0 spiro atoms. The summed E-state index contributed by atoms with van der Waals surface area (Å²) in [6, 6.07) is 101. The molecule has 0 amide bonds. The molecule has 0 saturated heterocycles. The van der Waals surface area contributed by atoms with Crippen molar-refractivity contribution in [1.29, 1.82) is 0 Å². The van der Waals surface area contributed by atoms with Gasteiger partial charge in [-0.05, 0) is 272 Å². The van der Waals surface area contributed by atoms with Crippen LogP contribution in [0.1, 0.15) is 232 Å². The normalized spacial score (nSPS) is 10.1. The minimum Gasteiger partial charge on any atom is -0.298 e. The lowest BCUT2D eigenvalue weighted by atomic mass is 10.1. The van der Waals surface area contributed by atoms with E-state index in [1.165, 1.54) is 195 Å². The first-order valence-electron chi connectivity index (χ1n) is 49.3. The average Bonchev–Trinajstić information content (AvgIpc) is 0.888. The number of carbonyl (C=O) groups is 3. The number of aldehydes is 3. The number of rotatable bonds is 27. The van der Waals surface area contributed by atoms with Gasteiger partial charge in [0.1, 0.15) is 18.9 Å². The van der Waals surface area contributed by atoms with Gasteiger partial charge in [-0.15, -0.1) is 34.3 Å². The van der Waals surface area contributed by atoms with Gasteiger partial charge in [0.2, 0.25) is 0 Å². The maximum Gasteiger partial charge on any atom is 0.150 e. The van der Waals surface area contributed by atoms with Crippen molar-refractivity contribution in [3.05, 3.63) is 477 Å². The first-order chi connectivity index (χ1) is 67.7. The van der Waals surface area contributed by atoms with Gasteiger partial charge in [0.25, 0.3) is 0 Å². The van der Waals surface area contributed by atoms with Gasteiger partial charge in [0.15, 0.2) is 0 Å². The van der Waals surface area contributed by atoms with Crippen LogP contribution < -0.4 is 0 Å². The Morgan fingerprint density at radius 2 is 0.440 bits per heavy atom. The standard InChI is InChI=1S/C13H22P2.C13H20S2.C12H21NP2.C12H19NS2.3C8H8O.4C8H10.C7H7Cl.C7H8.C6H7N/c2*1-4-14-9-12-6-11(3)7-13(8-12)10-15-5-2;2*1-4-14-8-11-6-10(3)7-12(13-11)9-15-5-2;3*1-7-2-4-8(6-9)5-3-7;4*1-7-3-5-8(2)6-4-7;1-6-2-4-7(8)5-3-6;1-7-5-3-2-4-6-7;1-6-2-4-7-5-3-6/h6-8,14-15H,4-5,9-10H2,1-3H3;6-8H,4-5,9-10H2,1-3H3;6-7,14-15H,4-5,8-9H2,1-3H3;6-7H,4-5,8-9H2,1-3H3;3*2-6H,1H3;4*3-6H,1-2H3;2-5H,1H3;2-6H,1H3;2-5H,1H3. The fourth-order valence-electron chi connectivity index (χ4n) is 12.1. The SMILES string of the molecule is CCPCc1cc(C)cc(CPCC)c1.CCPCc1cc(C)cc(CPCC)n1.CCSCc1cc(C)cc(CSCC)c1.CCSCc1cc(C)cc(CSCC)n1.Cc1ccc(C)cc1.Cc1ccc(C)cc1.Cc1ccc(C)cc1.Cc1ccc(C)cc1.Cc1ccc(C=O)cc1.Cc1ccc(C=O)cc1.Cc1ccc(C=O)cc1.Cc1ccc(Cl)cc1.Cc1ccccc1.Cc1ccncc1. The van der Waals surface area contributed by atoms with Crippen molar-refractivity contribution in [2.75, 3.05) is 47.7 Å². The first kappa shape index (κ1) is 130. The average molecular weight is 2060 g/mol. The summed E-state index contributed by atoms with van der Waals surface area (Å²) in [4.78, 5) is 43.6. The zero-order valence-electron chi connectivity index (χ0n) is 90.1. The molecular formula is C126H168ClN3O3P4S4. The van der Waals surface area contributed by atoms with Gasteiger partial charge in [-0.25, -0.2) is 0 Å². The summed E-state index contributed by atoms with van der Waals surface area (Å²) in [7, 11) is 4.23. The molecule has 3 aromatic heterocycles. The molecule has 4 unspecified atom stereocenters. The molecule has 6 nitrogen and oxygen atoms in total. The molecule has 756 valence electrons. The van der Waals surface area contributed by atoms with Crippen LogP contribution in [0.25, 0.3) is 0 Å². The topological polar surface area (TPSA) is 89.9 Å². The lowest BCUT2D eigenvalue weighted by molar-refractivity contribution is 0.111. The fraction of sp³-hybridized carbons (Fsp3) is 0.333. The van der Waals surface area contributed by atoms with Crippen LogP contribution in [0.5, 0.6) is 0 Å². The van der Waals surface area contributed by atoms with E-state index in [4.69, 9.17) is 16.6 Å². The van der Waals surface area contributed by atoms with Crippen LogP contribution in [-0.4, -0.2) is 81.5 Å². The molecule has 141 heavy (non-hydrogen) atoms. The van der Waals surface area contributed by atoms with E-state index in [1.807, 2.05) is 209 Å². The molecule has 0 aliphatic carbocycles. The fourth-order valence-corrected chi connectivity index (χ4v) is 17.4. The minimum atomic E-state index is 0.737. The third-order valence-corrected chi connectivity index (χ3v) is 28.5. The van der Waals surface area contributed by atoms with Gasteiger partial charge < -0.3 is 0 Å². The number of aryl methyl sites for hydroxylation is 18. The number of halogens is 1. The Kier molecular flexibility index (Phi) is 78.2. The van der Waals surface area contributed by atoms with Crippen LogP contribution in [-0.2, 0) is 47.7 Å². The van der Waals surface area contributed by atoms with E-state index in [0.29, 0.717) is 0 Å². The molecule has 14 aromatic rings. The molecule has 0 fully saturated rings. The highest BCUT2D eigenvalue weighted by atomic mass is 35.5. The third-order valence-electron chi connectivity index (χ3n) is 20.0. The van der Waals surface area contributed by atoms with Gasteiger partial charge >= 0.3 is 0 Å². The Bertz CT molecular complexity index is 4620. The minimum absolute atomic E-state index is 0.737. The zero-order chi connectivity index (χ0) is 105. The molecule has 0 saturated carbocycles. The second kappa shape index (κ2) is 84.6. The van der Waals surface area contributed by atoms with Crippen LogP contribution in [0.2, 0.25) is 5.02 Å². The van der Waals surface area contributed by atoms with Gasteiger partial charge in [-0.3, -0.25) is 29.3 Å². The van der Waals surface area contributed by atoms with Crippen molar-refractivity contribution in [2.45, 2.75) is 228 Å². The molecule has 15 heteroatoms. The molecule has 3 heterocycles. The second-order valence-corrected chi connectivity index (χ2v) is 46.0. The Morgan fingerprint density at radius 1 is 0.227 bits per heavy atom. The lowest BCUT2D eigenvalue weighted by Crippen LogP contribution is -1.95. The lowest BCUT2D eigenvalue weighted by Gasteiger charge is -2.07. The maximum absolute atomic E-state index is 10.1. The van der Waals surface area contributed by atoms with Gasteiger partial charge in [0.05, 0.1) is 11.4 Å². The number of pyridine rings is 3. The van der Waals surface area contributed by atoms with Crippen LogP contribution in [0.3, 0.4) is 0 Å². The highest BCUT2D eigenvalue weighted by Gasteiger charge is 2.05. The summed E-state index contributed by atoms with van der Waals surface area (Å²) in [5.41, 5.74) is 36.9. The molecule has 4 atom stereocenters. The van der Waals surface area contributed by atoms with Gasteiger partial charge in [-0.1, -0.05) is 399 Å². The van der Waals surface area contributed by atoms with Crippen molar-refractivity contribution in [2.24, 2.45) is 0 Å². The Hall–Kier alpha value is -8.71. The summed E-state index contributed by atoms with van der Waals surface area (Å²) >= 11 is 13.5. The first-order valence-corrected chi connectivity index (χ1v) is 59.9. The number of hydrogen-bond acceptors (Lipinski definition) is 10. The van der Waals surface area contributed by atoms with Crippen molar-refractivity contribution in [3.8, 4) is 0 Å². The summed E-state index contributed by atoms with van der Waals surface area (Å²) in [5.74, 6) is 9.12. The largest absolute Gasteiger partial charge is 0.298 e. The van der Waals surface area contributed by atoms with Gasteiger partial charge in [-0.2, -0.15) is 47.0 Å². The molecule has 11 aromatic carbocycles. The smallest absolute Gasteiger partial charge is 0.150 e. The Morgan fingerprint density at radius 3 is 0.674 bits per heavy atom. The predicted molar refractivity (Wildman–Crippen MR) is 648 cm³/mol. The van der Waals surface area contributed by atoms with Crippen molar-refractivity contribution < 1.29 is 14.4 Å². The van der Waals surface area contributed by atoms with Crippen molar-refractivity contribution in [3.63, 3.8) is 0 Å². The maximum atomic E-state index is 10.1. The van der Waals surface area contributed by atoms with E-state index in [0.717, 1.165) is 109 Å². The summed E-state index contributed by atoms with van der Waals surface area (Å²) in [6.45, 7) is 55.5. The monoisotopic (exact) mass is 2060 g/mol. The highest BCUT2D eigenvalue weighted by molar-refractivity contribution is 7.99. The van der Waals surface area contributed by atoms with Crippen LogP contribution in [0.15, 0.2) is 310 Å². The van der Waals surface area contributed by atoms with Crippen molar-refractivity contribution >= 4 is 112 Å². The highest BCUT2D eigenvalue weighted by Crippen LogP contribution is 2.27. The Balaban J connectivity index is 0.000000766. The molecule has 0 aliphatic heterocycles. The number of hydrogen-bond donors (Lipinski definition) is 0. The number of thioether (sulfide) groups is 4.